The zero-order valence-electron chi connectivity index (χ0n) is 16.0. The quantitative estimate of drug-likeness (QED) is 0.653. The summed E-state index contributed by atoms with van der Waals surface area (Å²) in [5.74, 6) is -1.79. The molecule has 7 heteroatoms. The van der Waals surface area contributed by atoms with Crippen molar-refractivity contribution in [2.45, 2.75) is 13.3 Å². The van der Waals surface area contributed by atoms with Crippen LogP contribution in [0.3, 0.4) is 0 Å². The molecule has 0 heterocycles. The largest absolute Gasteiger partial charge is 0.481 e. The van der Waals surface area contributed by atoms with E-state index in [9.17, 15) is 14.4 Å². The van der Waals surface area contributed by atoms with E-state index in [0.717, 1.165) is 12.0 Å². The molecule has 2 rings (SSSR count). The summed E-state index contributed by atoms with van der Waals surface area (Å²) in [7, 11) is 1.53. The lowest BCUT2D eigenvalue weighted by molar-refractivity contribution is -0.141. The van der Waals surface area contributed by atoms with Gasteiger partial charge < -0.3 is 20.6 Å². The summed E-state index contributed by atoms with van der Waals surface area (Å²) in [5, 5.41) is 14.5. The Labute approximate surface area is 164 Å². The molecular formula is C21H25N3O4. The van der Waals surface area contributed by atoms with Gasteiger partial charge in [0.1, 0.15) is 0 Å². The first kappa shape index (κ1) is 21.0. The minimum Gasteiger partial charge on any atom is -0.481 e. The van der Waals surface area contributed by atoms with Crippen LogP contribution in [0.2, 0.25) is 0 Å². The summed E-state index contributed by atoms with van der Waals surface area (Å²) in [6.45, 7) is 2.17. The van der Waals surface area contributed by atoms with Crippen molar-refractivity contribution >= 4 is 23.6 Å². The van der Waals surface area contributed by atoms with E-state index in [-0.39, 0.29) is 12.5 Å². The van der Waals surface area contributed by atoms with Gasteiger partial charge in [-0.3, -0.25) is 9.59 Å². The molecule has 0 fully saturated rings. The number of aliphatic carboxylic acids is 1. The molecule has 28 heavy (non-hydrogen) atoms. The van der Waals surface area contributed by atoms with E-state index in [1.165, 1.54) is 18.9 Å². The number of carboxylic acid groups (broad SMARTS) is 1. The zero-order chi connectivity index (χ0) is 20.5. The van der Waals surface area contributed by atoms with Crippen LogP contribution in [-0.2, 0) is 11.2 Å². The SMILES string of the molecule is CC(CN(C)C(=O)Nc1ccc(C(=O)NCCc2ccccc2)cc1)C(=O)O. The topological polar surface area (TPSA) is 98.7 Å². The Kier molecular flexibility index (Phi) is 7.56. The number of amides is 3. The van der Waals surface area contributed by atoms with E-state index >= 15 is 0 Å². The van der Waals surface area contributed by atoms with Gasteiger partial charge in [-0.05, 0) is 36.2 Å². The second-order valence-electron chi connectivity index (χ2n) is 6.62. The predicted octanol–water partition coefficient (Wildman–Crippen LogP) is 2.84. The smallest absolute Gasteiger partial charge is 0.321 e. The number of hydrogen-bond donors (Lipinski definition) is 3. The molecule has 0 aliphatic heterocycles. The normalized spacial score (nSPS) is 11.4. The Morgan fingerprint density at radius 3 is 2.29 bits per heavy atom. The molecule has 0 aliphatic rings. The summed E-state index contributed by atoms with van der Waals surface area (Å²) >= 11 is 0. The van der Waals surface area contributed by atoms with E-state index in [0.29, 0.717) is 17.8 Å². The number of rotatable bonds is 8. The highest BCUT2D eigenvalue weighted by Crippen LogP contribution is 2.11. The first-order chi connectivity index (χ1) is 13.4. The molecule has 1 unspecified atom stereocenters. The van der Waals surface area contributed by atoms with Crippen molar-refractivity contribution in [3.63, 3.8) is 0 Å². The lowest BCUT2D eigenvalue weighted by Crippen LogP contribution is -2.36. The number of carboxylic acids is 1. The highest BCUT2D eigenvalue weighted by Gasteiger charge is 2.17. The van der Waals surface area contributed by atoms with Crippen LogP contribution in [-0.4, -0.2) is 48.1 Å². The van der Waals surface area contributed by atoms with Gasteiger partial charge in [0, 0.05) is 31.4 Å². The molecule has 0 aromatic heterocycles. The van der Waals surface area contributed by atoms with Crippen LogP contribution in [0.1, 0.15) is 22.8 Å². The summed E-state index contributed by atoms with van der Waals surface area (Å²) in [6.07, 6.45) is 0.752. The lowest BCUT2D eigenvalue weighted by atomic mass is 10.1. The average molecular weight is 383 g/mol. The third kappa shape index (κ3) is 6.42. The maximum Gasteiger partial charge on any atom is 0.321 e. The van der Waals surface area contributed by atoms with Gasteiger partial charge in [0.25, 0.3) is 5.91 Å². The van der Waals surface area contributed by atoms with Crippen molar-refractivity contribution in [1.29, 1.82) is 0 Å². The molecule has 3 amide bonds. The van der Waals surface area contributed by atoms with Crippen molar-refractivity contribution < 1.29 is 19.5 Å². The monoisotopic (exact) mass is 383 g/mol. The lowest BCUT2D eigenvalue weighted by Gasteiger charge is -2.20. The van der Waals surface area contributed by atoms with E-state index in [1.807, 2.05) is 30.3 Å². The van der Waals surface area contributed by atoms with Gasteiger partial charge >= 0.3 is 12.0 Å². The molecule has 0 spiro atoms. The molecule has 0 bridgehead atoms. The maximum atomic E-state index is 12.2. The van der Waals surface area contributed by atoms with Crippen LogP contribution >= 0.6 is 0 Å². The Morgan fingerprint density at radius 1 is 1.04 bits per heavy atom. The van der Waals surface area contributed by atoms with Gasteiger partial charge in [-0.1, -0.05) is 37.3 Å². The second-order valence-corrected chi connectivity index (χ2v) is 6.62. The van der Waals surface area contributed by atoms with Crippen molar-refractivity contribution in [3.8, 4) is 0 Å². The Hall–Kier alpha value is -3.35. The molecule has 0 saturated carbocycles. The molecule has 7 nitrogen and oxygen atoms in total. The van der Waals surface area contributed by atoms with Gasteiger partial charge in [0.2, 0.25) is 0 Å². The molecule has 2 aromatic rings. The summed E-state index contributed by atoms with van der Waals surface area (Å²) in [5.41, 5.74) is 2.18. The van der Waals surface area contributed by atoms with Gasteiger partial charge in [-0.25, -0.2) is 4.79 Å². The summed E-state index contributed by atoms with van der Waals surface area (Å²) < 4.78 is 0. The van der Waals surface area contributed by atoms with E-state index < -0.39 is 17.9 Å². The molecule has 0 saturated heterocycles. The fourth-order valence-electron chi connectivity index (χ4n) is 2.56. The van der Waals surface area contributed by atoms with Crippen LogP contribution in [0.15, 0.2) is 54.6 Å². The van der Waals surface area contributed by atoms with E-state index in [2.05, 4.69) is 10.6 Å². The van der Waals surface area contributed by atoms with E-state index in [1.54, 1.807) is 24.3 Å². The first-order valence-corrected chi connectivity index (χ1v) is 9.04. The minimum atomic E-state index is -0.956. The second kappa shape index (κ2) is 10.1. The Morgan fingerprint density at radius 2 is 1.68 bits per heavy atom. The van der Waals surface area contributed by atoms with Crippen molar-refractivity contribution in [1.82, 2.24) is 10.2 Å². The van der Waals surface area contributed by atoms with Gasteiger partial charge in [-0.15, -0.1) is 0 Å². The number of urea groups is 1. The molecule has 1 atom stereocenters. The highest BCUT2D eigenvalue weighted by molar-refractivity contribution is 5.95. The third-order valence-electron chi connectivity index (χ3n) is 4.26. The van der Waals surface area contributed by atoms with Crippen LogP contribution in [0.5, 0.6) is 0 Å². The average Bonchev–Trinajstić information content (AvgIpc) is 2.69. The van der Waals surface area contributed by atoms with Gasteiger partial charge in [0.05, 0.1) is 5.92 Å². The Bertz CT molecular complexity index is 806. The van der Waals surface area contributed by atoms with Crippen molar-refractivity contribution in [2.75, 3.05) is 25.5 Å². The molecule has 148 valence electrons. The van der Waals surface area contributed by atoms with Gasteiger partial charge in [0.15, 0.2) is 0 Å². The number of carbonyl (C=O) groups is 3. The molecular weight excluding hydrogens is 358 g/mol. The van der Waals surface area contributed by atoms with Crippen LogP contribution < -0.4 is 10.6 Å². The Balaban J connectivity index is 1.82. The summed E-state index contributed by atoms with van der Waals surface area (Å²) in [4.78, 5) is 36.5. The third-order valence-corrected chi connectivity index (χ3v) is 4.26. The fraction of sp³-hybridized carbons (Fsp3) is 0.286. The van der Waals surface area contributed by atoms with Crippen molar-refractivity contribution in [2.24, 2.45) is 5.92 Å². The zero-order valence-corrected chi connectivity index (χ0v) is 16.0. The number of nitrogens with zero attached hydrogens (tertiary/aromatic N) is 1. The molecule has 3 N–H and O–H groups in total. The van der Waals surface area contributed by atoms with Crippen LogP contribution in [0.25, 0.3) is 0 Å². The van der Waals surface area contributed by atoms with Crippen molar-refractivity contribution in [3.05, 3.63) is 65.7 Å². The number of benzene rings is 2. The van der Waals surface area contributed by atoms with Gasteiger partial charge in [-0.2, -0.15) is 0 Å². The fourth-order valence-corrected chi connectivity index (χ4v) is 2.56. The molecule has 2 aromatic carbocycles. The van der Waals surface area contributed by atoms with Crippen LogP contribution in [0, 0.1) is 5.92 Å². The number of carbonyl (C=O) groups excluding carboxylic acids is 2. The maximum absolute atomic E-state index is 12.2. The number of nitrogens with one attached hydrogen (secondary N) is 2. The number of anilines is 1. The predicted molar refractivity (Wildman–Crippen MR) is 107 cm³/mol. The highest BCUT2D eigenvalue weighted by atomic mass is 16.4. The van der Waals surface area contributed by atoms with Crippen LogP contribution in [0.4, 0.5) is 10.5 Å². The molecule has 0 aliphatic carbocycles. The first-order valence-electron chi connectivity index (χ1n) is 9.04. The summed E-state index contributed by atoms with van der Waals surface area (Å²) in [6, 6.07) is 16.0. The standard InChI is InChI=1S/C21H25N3O4/c1-15(20(26)27)14-24(2)21(28)23-18-10-8-17(9-11-18)19(25)22-13-12-16-6-4-3-5-7-16/h3-11,15H,12-14H2,1-2H3,(H,22,25)(H,23,28)(H,26,27). The minimum absolute atomic E-state index is 0.100. The van der Waals surface area contributed by atoms with E-state index in [4.69, 9.17) is 5.11 Å². The molecule has 0 radical (unpaired) electrons. The number of hydrogen-bond acceptors (Lipinski definition) is 3.